The van der Waals surface area contributed by atoms with Crippen molar-refractivity contribution < 1.29 is 8.42 Å². The largest absolute Gasteiger partial charge is 0.330 e. The van der Waals surface area contributed by atoms with Gasteiger partial charge in [-0.2, -0.15) is 0 Å². The standard InChI is InChI=1S/C33H73N5O2S.4ClH/c1-2-3-4-5-6-7-8-9-10-11-12-13-14-15-16-21-32-41(39,40)33(35)24-22-29-38-31-23-30-37-28-20-19-27-36-26-18-17-25-34;;;;/h33,36-38H,2-32,34-35H2,1H3;4*1H. The van der Waals surface area contributed by atoms with E-state index in [1.165, 1.54) is 103 Å². The Morgan fingerprint density at radius 2 is 0.800 bits per heavy atom. The molecule has 1 unspecified atom stereocenters. The van der Waals surface area contributed by atoms with Gasteiger partial charge in [-0.1, -0.05) is 103 Å². The highest BCUT2D eigenvalue weighted by atomic mass is 35.5. The van der Waals surface area contributed by atoms with Crippen molar-refractivity contribution in [1.29, 1.82) is 0 Å². The molecule has 0 heterocycles. The van der Waals surface area contributed by atoms with Crippen LogP contribution in [0.4, 0.5) is 0 Å². The van der Waals surface area contributed by atoms with Crippen molar-refractivity contribution in [3.63, 3.8) is 0 Å². The molecule has 45 heavy (non-hydrogen) atoms. The first kappa shape index (κ1) is 55.3. The molecule has 0 aromatic rings. The minimum Gasteiger partial charge on any atom is -0.330 e. The second-order valence-corrected chi connectivity index (χ2v) is 14.5. The lowest BCUT2D eigenvalue weighted by Crippen LogP contribution is -2.33. The van der Waals surface area contributed by atoms with Crippen LogP contribution in [0.15, 0.2) is 0 Å². The van der Waals surface area contributed by atoms with Gasteiger partial charge in [-0.05, 0) is 97.2 Å². The molecule has 7 N–H and O–H groups in total. The smallest absolute Gasteiger partial charge is 0.165 e. The molecule has 0 bridgehead atoms. The number of halogens is 4. The molecule has 0 saturated carbocycles. The van der Waals surface area contributed by atoms with Gasteiger partial charge in [0.05, 0.1) is 5.75 Å². The Labute approximate surface area is 305 Å². The third kappa shape index (κ3) is 42.9. The molecule has 0 fully saturated rings. The number of nitrogens with two attached hydrogens (primary N) is 2. The average Bonchev–Trinajstić information content (AvgIpc) is 2.96. The van der Waals surface area contributed by atoms with Crippen LogP contribution in [0.2, 0.25) is 0 Å². The van der Waals surface area contributed by atoms with E-state index in [-0.39, 0.29) is 55.4 Å². The molecule has 0 amide bonds. The maximum atomic E-state index is 12.5. The van der Waals surface area contributed by atoms with Gasteiger partial charge in [0.1, 0.15) is 5.37 Å². The molecule has 280 valence electrons. The molecule has 0 spiro atoms. The van der Waals surface area contributed by atoms with Gasteiger partial charge in [-0.25, -0.2) is 8.42 Å². The van der Waals surface area contributed by atoms with E-state index in [0.717, 1.165) is 84.3 Å². The Hall–Kier alpha value is 0.910. The fraction of sp³-hybridized carbons (Fsp3) is 1.00. The second kappa shape index (κ2) is 44.9. The van der Waals surface area contributed by atoms with Crippen molar-refractivity contribution in [2.45, 2.75) is 160 Å². The van der Waals surface area contributed by atoms with E-state index in [1.807, 2.05) is 0 Å². The summed E-state index contributed by atoms with van der Waals surface area (Å²) in [5, 5.41) is 9.67. The lowest BCUT2D eigenvalue weighted by molar-refractivity contribution is 0.528. The minimum atomic E-state index is -3.17. The molecule has 0 radical (unpaired) electrons. The van der Waals surface area contributed by atoms with Crippen molar-refractivity contribution in [2.24, 2.45) is 11.5 Å². The maximum absolute atomic E-state index is 12.5. The van der Waals surface area contributed by atoms with E-state index in [9.17, 15) is 8.42 Å². The fourth-order valence-electron chi connectivity index (χ4n) is 5.22. The number of hydrogen-bond donors (Lipinski definition) is 5. The van der Waals surface area contributed by atoms with Gasteiger partial charge in [0.15, 0.2) is 9.84 Å². The summed E-state index contributed by atoms with van der Waals surface area (Å²) in [6.07, 6.45) is 27.9. The van der Waals surface area contributed by atoms with Crippen molar-refractivity contribution in [1.82, 2.24) is 16.0 Å². The van der Waals surface area contributed by atoms with Gasteiger partial charge in [0.25, 0.3) is 0 Å². The van der Waals surface area contributed by atoms with Crippen LogP contribution in [0.25, 0.3) is 0 Å². The van der Waals surface area contributed by atoms with Crippen LogP contribution in [0.5, 0.6) is 0 Å². The molecular formula is C33H77Cl4N5O2S. The van der Waals surface area contributed by atoms with Crippen molar-refractivity contribution >= 4 is 59.5 Å². The summed E-state index contributed by atoms with van der Waals surface area (Å²) >= 11 is 0. The Bertz CT molecular complexity index is 626. The zero-order valence-corrected chi connectivity index (χ0v) is 33.1. The van der Waals surface area contributed by atoms with Crippen molar-refractivity contribution in [3.8, 4) is 0 Å². The van der Waals surface area contributed by atoms with Gasteiger partial charge in [0, 0.05) is 0 Å². The Kier molecular flexibility index (Phi) is 55.2. The molecule has 0 aromatic carbocycles. The summed E-state index contributed by atoms with van der Waals surface area (Å²) in [6, 6.07) is 0. The third-order valence-corrected chi connectivity index (χ3v) is 10.1. The summed E-state index contributed by atoms with van der Waals surface area (Å²) in [6.45, 7) is 9.10. The lowest BCUT2D eigenvalue weighted by Gasteiger charge is -2.13. The van der Waals surface area contributed by atoms with Crippen molar-refractivity contribution in [2.75, 3.05) is 51.6 Å². The lowest BCUT2D eigenvalue weighted by atomic mass is 10.0. The Morgan fingerprint density at radius 3 is 1.20 bits per heavy atom. The highest BCUT2D eigenvalue weighted by Crippen LogP contribution is 2.14. The molecule has 0 aliphatic heterocycles. The van der Waals surface area contributed by atoms with Crippen LogP contribution in [0.3, 0.4) is 0 Å². The van der Waals surface area contributed by atoms with Gasteiger partial charge in [-0.15, -0.1) is 49.6 Å². The van der Waals surface area contributed by atoms with Crippen molar-refractivity contribution in [3.05, 3.63) is 0 Å². The predicted octanol–water partition coefficient (Wildman–Crippen LogP) is 8.09. The van der Waals surface area contributed by atoms with E-state index < -0.39 is 15.2 Å². The molecule has 7 nitrogen and oxygen atoms in total. The van der Waals surface area contributed by atoms with Crippen LogP contribution in [-0.2, 0) is 9.84 Å². The highest BCUT2D eigenvalue weighted by molar-refractivity contribution is 7.91. The number of hydrogen-bond acceptors (Lipinski definition) is 7. The van der Waals surface area contributed by atoms with E-state index in [1.54, 1.807) is 0 Å². The molecule has 12 heteroatoms. The molecule has 1 atom stereocenters. The summed E-state index contributed by atoms with van der Waals surface area (Å²) in [5.74, 6) is 0.246. The highest BCUT2D eigenvalue weighted by Gasteiger charge is 2.20. The topological polar surface area (TPSA) is 122 Å². The molecule has 0 aromatic heterocycles. The molecule has 0 saturated heterocycles. The Morgan fingerprint density at radius 1 is 0.467 bits per heavy atom. The first-order valence-corrected chi connectivity index (χ1v) is 19.6. The van der Waals surface area contributed by atoms with Gasteiger partial charge in [-0.3, -0.25) is 0 Å². The quantitative estimate of drug-likeness (QED) is 0.0416. The van der Waals surface area contributed by atoms with E-state index >= 15 is 0 Å². The van der Waals surface area contributed by atoms with Crippen LogP contribution in [0.1, 0.15) is 155 Å². The second-order valence-electron chi connectivity index (χ2n) is 12.2. The zero-order chi connectivity index (χ0) is 30.1. The SMILES string of the molecule is CCCCCCCCCCCCCCCCCCS(=O)(=O)C(N)CCCNCCCNCCCCNCCCCN.Cl.Cl.Cl.Cl. The molecule has 0 aliphatic rings. The van der Waals surface area contributed by atoms with Gasteiger partial charge >= 0.3 is 0 Å². The average molecular weight is 750 g/mol. The fourth-order valence-corrected chi connectivity index (χ4v) is 6.65. The van der Waals surface area contributed by atoms with E-state index in [4.69, 9.17) is 11.5 Å². The Balaban J connectivity index is -0.00000133. The maximum Gasteiger partial charge on any atom is 0.165 e. The third-order valence-electron chi connectivity index (χ3n) is 8.06. The van der Waals surface area contributed by atoms with Gasteiger partial charge in [0.2, 0.25) is 0 Å². The summed E-state index contributed by atoms with van der Waals surface area (Å²) < 4.78 is 25.0. The van der Waals surface area contributed by atoms with Crippen LogP contribution >= 0.6 is 49.6 Å². The summed E-state index contributed by atoms with van der Waals surface area (Å²) in [5.41, 5.74) is 11.5. The number of rotatable bonds is 35. The summed E-state index contributed by atoms with van der Waals surface area (Å²) in [7, 11) is -3.17. The normalized spacial score (nSPS) is 11.6. The van der Waals surface area contributed by atoms with E-state index in [2.05, 4.69) is 22.9 Å². The van der Waals surface area contributed by atoms with Crippen LogP contribution < -0.4 is 27.4 Å². The minimum absolute atomic E-state index is 0. The van der Waals surface area contributed by atoms with Gasteiger partial charge < -0.3 is 27.4 Å². The number of sulfone groups is 1. The summed E-state index contributed by atoms with van der Waals surface area (Å²) in [4.78, 5) is 0. The molecule has 0 aliphatic carbocycles. The first-order valence-electron chi connectivity index (χ1n) is 17.8. The zero-order valence-electron chi connectivity index (χ0n) is 29.0. The number of nitrogens with one attached hydrogen (secondary N) is 3. The monoisotopic (exact) mass is 747 g/mol. The van der Waals surface area contributed by atoms with Crippen LogP contribution in [0, 0.1) is 0 Å². The van der Waals surface area contributed by atoms with E-state index in [0.29, 0.717) is 6.42 Å². The first-order chi connectivity index (χ1) is 20.0. The molecular weight excluding hydrogens is 672 g/mol. The predicted molar refractivity (Wildman–Crippen MR) is 210 cm³/mol. The number of unbranched alkanes of at least 4 members (excludes halogenated alkanes) is 17. The molecule has 0 rings (SSSR count). The van der Waals surface area contributed by atoms with Crippen LogP contribution in [-0.4, -0.2) is 65.4 Å².